The number of nitrogens with zero attached hydrogens (tertiary/aromatic N) is 1. The van der Waals surface area contributed by atoms with Gasteiger partial charge in [0.15, 0.2) is 11.5 Å². The first-order valence-corrected chi connectivity index (χ1v) is 12.2. The van der Waals surface area contributed by atoms with Crippen molar-refractivity contribution in [2.75, 3.05) is 6.61 Å². The topological polar surface area (TPSA) is 55.8 Å². The number of amides is 2. The standard InChI is InChI=1S/C26H20Cl2FNO4S/c1-2-33-23-11-17(5-10-22(23)34-15-18-6-7-19(27)13-21(18)28)12-24-25(31)30(26(32)35-24)14-16-3-8-20(29)9-4-16/h3-13H,2,14-15H2,1H3/b24-12+. The van der Waals surface area contributed by atoms with Crippen molar-refractivity contribution in [3.05, 3.63) is 98.1 Å². The smallest absolute Gasteiger partial charge is 0.293 e. The lowest BCUT2D eigenvalue weighted by atomic mass is 10.1. The molecule has 0 atom stereocenters. The Morgan fingerprint density at radius 2 is 1.74 bits per heavy atom. The SMILES string of the molecule is CCOc1cc(/C=C2/SC(=O)N(Cc3ccc(F)cc3)C2=O)ccc1OCc1ccc(Cl)cc1Cl. The van der Waals surface area contributed by atoms with Crippen molar-refractivity contribution in [1.29, 1.82) is 0 Å². The Balaban J connectivity index is 1.50. The van der Waals surface area contributed by atoms with Gasteiger partial charge >= 0.3 is 0 Å². The zero-order valence-electron chi connectivity index (χ0n) is 18.6. The number of benzene rings is 3. The quantitative estimate of drug-likeness (QED) is 0.284. The lowest BCUT2D eigenvalue weighted by Gasteiger charge is -2.14. The van der Waals surface area contributed by atoms with Crippen LogP contribution in [0.4, 0.5) is 9.18 Å². The maximum Gasteiger partial charge on any atom is 0.293 e. The lowest BCUT2D eigenvalue weighted by molar-refractivity contribution is -0.123. The molecule has 0 aromatic heterocycles. The van der Waals surface area contributed by atoms with Gasteiger partial charge in [0, 0.05) is 15.6 Å². The largest absolute Gasteiger partial charge is 0.490 e. The van der Waals surface area contributed by atoms with Gasteiger partial charge in [0.2, 0.25) is 0 Å². The number of hydrogen-bond acceptors (Lipinski definition) is 5. The van der Waals surface area contributed by atoms with E-state index in [1.54, 1.807) is 54.6 Å². The van der Waals surface area contributed by atoms with Crippen LogP contribution in [0.25, 0.3) is 6.08 Å². The summed E-state index contributed by atoms with van der Waals surface area (Å²) in [5, 5.41) is 0.666. The molecule has 1 heterocycles. The summed E-state index contributed by atoms with van der Waals surface area (Å²) < 4.78 is 24.8. The van der Waals surface area contributed by atoms with Crippen LogP contribution in [0.15, 0.2) is 65.6 Å². The predicted molar refractivity (Wildman–Crippen MR) is 136 cm³/mol. The molecule has 5 nitrogen and oxygen atoms in total. The van der Waals surface area contributed by atoms with Crippen molar-refractivity contribution < 1.29 is 23.5 Å². The minimum absolute atomic E-state index is 0.0759. The summed E-state index contributed by atoms with van der Waals surface area (Å²) in [5.74, 6) is 0.230. The number of thioether (sulfide) groups is 1. The van der Waals surface area contributed by atoms with E-state index in [9.17, 15) is 14.0 Å². The Labute approximate surface area is 216 Å². The van der Waals surface area contributed by atoms with Crippen molar-refractivity contribution in [3.8, 4) is 11.5 Å². The van der Waals surface area contributed by atoms with Crippen LogP contribution in [-0.2, 0) is 17.9 Å². The minimum atomic E-state index is -0.403. The number of halogens is 3. The third kappa shape index (κ3) is 6.17. The van der Waals surface area contributed by atoms with Crippen LogP contribution < -0.4 is 9.47 Å². The van der Waals surface area contributed by atoms with Crippen LogP contribution >= 0.6 is 35.0 Å². The normalized spacial score (nSPS) is 14.6. The van der Waals surface area contributed by atoms with Crippen molar-refractivity contribution in [1.82, 2.24) is 4.90 Å². The number of imide groups is 1. The molecule has 35 heavy (non-hydrogen) atoms. The average Bonchev–Trinajstić information content (AvgIpc) is 3.08. The summed E-state index contributed by atoms with van der Waals surface area (Å²) in [4.78, 5) is 26.7. The molecular weight excluding hydrogens is 512 g/mol. The highest BCUT2D eigenvalue weighted by molar-refractivity contribution is 8.18. The van der Waals surface area contributed by atoms with Crippen molar-refractivity contribution in [3.63, 3.8) is 0 Å². The first-order chi connectivity index (χ1) is 16.8. The van der Waals surface area contributed by atoms with Gasteiger partial charge in [-0.3, -0.25) is 14.5 Å². The number of carbonyl (C=O) groups is 2. The van der Waals surface area contributed by atoms with Gasteiger partial charge in [0.1, 0.15) is 12.4 Å². The fourth-order valence-electron chi connectivity index (χ4n) is 3.36. The van der Waals surface area contributed by atoms with Gasteiger partial charge in [0.05, 0.1) is 18.1 Å². The second-order valence-electron chi connectivity index (χ2n) is 7.56. The summed E-state index contributed by atoms with van der Waals surface area (Å²) in [6.45, 7) is 2.56. The van der Waals surface area contributed by atoms with Crippen LogP contribution in [0.3, 0.4) is 0 Å². The van der Waals surface area contributed by atoms with Gasteiger partial charge in [0.25, 0.3) is 11.1 Å². The third-order valence-corrected chi connectivity index (χ3v) is 6.59. The van der Waals surface area contributed by atoms with Gasteiger partial charge in [-0.25, -0.2) is 4.39 Å². The van der Waals surface area contributed by atoms with E-state index in [0.717, 1.165) is 22.2 Å². The van der Waals surface area contributed by atoms with E-state index in [1.165, 1.54) is 12.1 Å². The van der Waals surface area contributed by atoms with Gasteiger partial charge in [-0.15, -0.1) is 0 Å². The molecule has 0 N–H and O–H groups in total. The molecular formula is C26H20Cl2FNO4S. The van der Waals surface area contributed by atoms with Crippen LogP contribution in [0.2, 0.25) is 10.0 Å². The Kier molecular flexibility index (Phi) is 8.00. The Bertz CT molecular complexity index is 1300. The summed E-state index contributed by atoms with van der Waals surface area (Å²) >= 11 is 13.0. The maximum atomic E-state index is 13.2. The van der Waals surface area contributed by atoms with Crippen LogP contribution in [0.1, 0.15) is 23.6 Å². The van der Waals surface area contributed by atoms with Crippen LogP contribution in [0, 0.1) is 5.82 Å². The first-order valence-electron chi connectivity index (χ1n) is 10.7. The number of rotatable bonds is 8. The predicted octanol–water partition coefficient (Wildman–Crippen LogP) is 7.35. The van der Waals surface area contributed by atoms with Gasteiger partial charge in [-0.05, 0) is 72.3 Å². The van der Waals surface area contributed by atoms with Crippen molar-refractivity contribution in [2.24, 2.45) is 0 Å². The van der Waals surface area contributed by atoms with E-state index in [2.05, 4.69) is 0 Å². The first kappa shape index (κ1) is 25.1. The number of carbonyl (C=O) groups excluding carboxylic acids is 2. The Morgan fingerprint density at radius 1 is 0.971 bits per heavy atom. The zero-order valence-corrected chi connectivity index (χ0v) is 20.9. The van der Waals surface area contributed by atoms with Crippen molar-refractivity contribution >= 4 is 52.2 Å². The molecule has 0 radical (unpaired) electrons. The molecule has 4 rings (SSSR count). The molecule has 3 aromatic carbocycles. The molecule has 0 unspecified atom stereocenters. The third-order valence-electron chi connectivity index (χ3n) is 5.09. The van der Waals surface area contributed by atoms with E-state index < -0.39 is 5.91 Å². The van der Waals surface area contributed by atoms with E-state index in [0.29, 0.717) is 44.2 Å². The fourth-order valence-corrected chi connectivity index (χ4v) is 4.66. The maximum absolute atomic E-state index is 13.2. The molecule has 0 aliphatic carbocycles. The Hall–Kier alpha value is -3.00. The molecule has 9 heteroatoms. The monoisotopic (exact) mass is 531 g/mol. The summed E-state index contributed by atoms with van der Waals surface area (Å²) in [6.07, 6.45) is 1.64. The number of ether oxygens (including phenoxy) is 2. The second kappa shape index (κ2) is 11.2. The molecule has 0 saturated carbocycles. The summed E-state index contributed by atoms with van der Waals surface area (Å²) in [6, 6.07) is 16.1. The zero-order chi connectivity index (χ0) is 24.9. The highest BCUT2D eigenvalue weighted by atomic mass is 35.5. The van der Waals surface area contributed by atoms with E-state index in [1.807, 2.05) is 6.92 Å². The van der Waals surface area contributed by atoms with Gasteiger partial charge in [-0.1, -0.05) is 47.5 Å². The van der Waals surface area contributed by atoms with E-state index in [4.69, 9.17) is 32.7 Å². The summed E-state index contributed by atoms with van der Waals surface area (Å²) in [7, 11) is 0. The fraction of sp³-hybridized carbons (Fsp3) is 0.154. The average molecular weight is 532 g/mol. The van der Waals surface area contributed by atoms with Gasteiger partial charge < -0.3 is 9.47 Å². The molecule has 3 aromatic rings. The molecule has 1 aliphatic heterocycles. The van der Waals surface area contributed by atoms with Crippen LogP contribution in [-0.4, -0.2) is 22.7 Å². The Morgan fingerprint density at radius 3 is 2.46 bits per heavy atom. The highest BCUT2D eigenvalue weighted by Crippen LogP contribution is 2.36. The second-order valence-corrected chi connectivity index (χ2v) is 9.39. The highest BCUT2D eigenvalue weighted by Gasteiger charge is 2.35. The van der Waals surface area contributed by atoms with E-state index >= 15 is 0 Å². The molecule has 180 valence electrons. The van der Waals surface area contributed by atoms with Gasteiger partial charge in [-0.2, -0.15) is 0 Å². The minimum Gasteiger partial charge on any atom is -0.490 e. The molecule has 1 aliphatic rings. The molecule has 1 fully saturated rings. The molecule has 2 amide bonds. The van der Waals surface area contributed by atoms with Crippen molar-refractivity contribution in [2.45, 2.75) is 20.1 Å². The summed E-state index contributed by atoms with van der Waals surface area (Å²) in [5.41, 5.74) is 2.12. The molecule has 0 spiro atoms. The number of hydrogen-bond donors (Lipinski definition) is 0. The molecule has 1 saturated heterocycles. The van der Waals surface area contributed by atoms with Crippen LogP contribution in [0.5, 0.6) is 11.5 Å². The lowest BCUT2D eigenvalue weighted by Crippen LogP contribution is -2.27. The van der Waals surface area contributed by atoms with E-state index in [-0.39, 0.29) is 24.2 Å². The molecule has 0 bridgehead atoms.